The zero-order chi connectivity index (χ0) is 23.8. The van der Waals surface area contributed by atoms with Crippen LogP contribution in [-0.2, 0) is 16.1 Å². The number of rotatable bonds is 5. The van der Waals surface area contributed by atoms with E-state index in [1.165, 1.54) is 11.2 Å². The molecule has 4 aromatic rings. The molecular formula is C27H20BrNO5. The number of ether oxygens (including phenoxy) is 1. The molecular weight excluding hydrogens is 498 g/mol. The van der Waals surface area contributed by atoms with Crippen molar-refractivity contribution in [3.8, 4) is 5.75 Å². The number of fused-ring (bicyclic) bond motifs is 1. The Kier molecular flexibility index (Phi) is 5.71. The first-order chi connectivity index (χ1) is 16.5. The van der Waals surface area contributed by atoms with Gasteiger partial charge in [-0.2, -0.15) is 0 Å². The first-order valence-electron chi connectivity index (χ1n) is 10.6. The smallest absolute Gasteiger partial charge is 0.296 e. The Morgan fingerprint density at radius 2 is 1.85 bits per heavy atom. The summed E-state index contributed by atoms with van der Waals surface area (Å²) < 4.78 is 11.4. The maximum Gasteiger partial charge on any atom is 0.296 e. The minimum atomic E-state index is -0.794. The van der Waals surface area contributed by atoms with Crippen molar-refractivity contribution in [2.45, 2.75) is 12.6 Å². The van der Waals surface area contributed by atoms with E-state index < -0.39 is 17.7 Å². The van der Waals surface area contributed by atoms with Gasteiger partial charge in [-0.3, -0.25) is 9.59 Å². The molecule has 1 aliphatic heterocycles. The summed E-state index contributed by atoms with van der Waals surface area (Å²) in [5.74, 6) is -0.557. The number of ketones is 1. The highest BCUT2D eigenvalue weighted by Gasteiger charge is 2.46. The molecule has 0 radical (unpaired) electrons. The quantitative estimate of drug-likeness (QED) is 0.205. The van der Waals surface area contributed by atoms with Crippen LogP contribution in [0.25, 0.3) is 16.5 Å². The summed E-state index contributed by atoms with van der Waals surface area (Å²) in [6.45, 7) is 0.0918. The molecule has 0 saturated carbocycles. The third-order valence-electron chi connectivity index (χ3n) is 5.99. The van der Waals surface area contributed by atoms with Gasteiger partial charge in [0.15, 0.2) is 0 Å². The number of furan rings is 1. The van der Waals surface area contributed by atoms with Gasteiger partial charge in [0.25, 0.3) is 11.7 Å². The van der Waals surface area contributed by atoms with Crippen molar-refractivity contribution in [2.75, 3.05) is 7.11 Å². The molecule has 6 nitrogen and oxygen atoms in total. The number of aliphatic hydroxyl groups excluding tert-OH is 1. The van der Waals surface area contributed by atoms with E-state index in [0.717, 1.165) is 16.3 Å². The number of benzene rings is 3. The molecule has 1 N–H and O–H groups in total. The van der Waals surface area contributed by atoms with E-state index in [1.54, 1.807) is 37.4 Å². The molecule has 34 heavy (non-hydrogen) atoms. The second-order valence-corrected chi connectivity index (χ2v) is 8.78. The molecule has 170 valence electrons. The summed E-state index contributed by atoms with van der Waals surface area (Å²) in [7, 11) is 1.54. The number of hydrogen-bond donors (Lipinski definition) is 1. The highest BCUT2D eigenvalue weighted by molar-refractivity contribution is 9.10. The zero-order valence-electron chi connectivity index (χ0n) is 18.2. The van der Waals surface area contributed by atoms with Gasteiger partial charge in [0.2, 0.25) is 0 Å². The number of carbonyl (C=O) groups excluding carboxylic acids is 2. The largest absolute Gasteiger partial charge is 0.507 e. The van der Waals surface area contributed by atoms with Gasteiger partial charge in [-0.25, -0.2) is 0 Å². The minimum Gasteiger partial charge on any atom is -0.507 e. The fourth-order valence-corrected chi connectivity index (χ4v) is 4.94. The van der Waals surface area contributed by atoms with Gasteiger partial charge in [0, 0.05) is 5.56 Å². The van der Waals surface area contributed by atoms with Crippen LogP contribution >= 0.6 is 15.9 Å². The van der Waals surface area contributed by atoms with Gasteiger partial charge >= 0.3 is 0 Å². The van der Waals surface area contributed by atoms with Crippen LogP contribution in [0.4, 0.5) is 0 Å². The Morgan fingerprint density at radius 3 is 2.59 bits per heavy atom. The highest BCUT2D eigenvalue weighted by atomic mass is 79.9. The molecule has 1 saturated heterocycles. The number of likely N-dealkylation sites (tertiary alicyclic amines) is 1. The second kappa shape index (κ2) is 8.83. The maximum atomic E-state index is 13.3. The number of amides is 1. The second-order valence-electron chi connectivity index (χ2n) is 7.92. The summed E-state index contributed by atoms with van der Waals surface area (Å²) >= 11 is 3.42. The molecule has 3 aromatic carbocycles. The van der Waals surface area contributed by atoms with Crippen molar-refractivity contribution in [1.29, 1.82) is 0 Å². The monoisotopic (exact) mass is 517 g/mol. The Labute approximate surface area is 204 Å². The van der Waals surface area contributed by atoms with Crippen molar-refractivity contribution in [1.82, 2.24) is 4.90 Å². The lowest BCUT2D eigenvalue weighted by Gasteiger charge is -2.25. The summed E-state index contributed by atoms with van der Waals surface area (Å²) in [5.41, 5.74) is 1.18. The minimum absolute atomic E-state index is 0.0324. The predicted octanol–water partition coefficient (Wildman–Crippen LogP) is 5.83. The van der Waals surface area contributed by atoms with Crippen molar-refractivity contribution < 1.29 is 23.8 Å². The molecule has 1 aromatic heterocycles. The van der Waals surface area contributed by atoms with Crippen molar-refractivity contribution >= 4 is 44.2 Å². The van der Waals surface area contributed by atoms with E-state index in [4.69, 9.17) is 9.15 Å². The van der Waals surface area contributed by atoms with Crippen molar-refractivity contribution in [3.05, 3.63) is 106 Å². The number of Topliss-reactive ketones (excluding diaryl/α,β-unsaturated/α-hetero) is 1. The Morgan fingerprint density at radius 1 is 1.06 bits per heavy atom. The summed E-state index contributed by atoms with van der Waals surface area (Å²) in [6, 6.07) is 21.2. The molecule has 0 bridgehead atoms. The molecule has 5 rings (SSSR count). The molecule has 7 heteroatoms. The third kappa shape index (κ3) is 3.68. The third-order valence-corrected chi connectivity index (χ3v) is 6.61. The van der Waals surface area contributed by atoms with Crippen LogP contribution < -0.4 is 4.74 Å². The van der Waals surface area contributed by atoms with Gasteiger partial charge in [-0.1, -0.05) is 42.5 Å². The van der Waals surface area contributed by atoms with Crippen LogP contribution in [0.15, 0.2) is 93.5 Å². The number of aliphatic hydroxyl groups is 1. The fraction of sp³-hybridized carbons (Fsp3) is 0.111. The first kappa shape index (κ1) is 22.0. The Bertz CT molecular complexity index is 1440. The van der Waals surface area contributed by atoms with Crippen molar-refractivity contribution in [2.24, 2.45) is 0 Å². The first-order valence-corrected chi connectivity index (χ1v) is 11.4. The lowest BCUT2D eigenvalue weighted by atomic mass is 9.91. The number of methoxy groups -OCH3 is 1. The number of halogens is 1. The van der Waals surface area contributed by atoms with Crippen LogP contribution in [0.3, 0.4) is 0 Å². The lowest BCUT2D eigenvalue weighted by Crippen LogP contribution is -2.29. The van der Waals surface area contributed by atoms with Gasteiger partial charge in [-0.05, 0) is 62.6 Å². The van der Waals surface area contributed by atoms with Gasteiger partial charge in [0.05, 0.1) is 36.0 Å². The van der Waals surface area contributed by atoms with Gasteiger partial charge < -0.3 is 19.2 Å². The predicted molar refractivity (Wildman–Crippen MR) is 131 cm³/mol. The molecule has 0 aliphatic carbocycles. The van der Waals surface area contributed by atoms with Crippen LogP contribution in [-0.4, -0.2) is 28.8 Å². The molecule has 2 heterocycles. The zero-order valence-corrected chi connectivity index (χ0v) is 19.8. The van der Waals surface area contributed by atoms with E-state index in [9.17, 15) is 14.7 Å². The van der Waals surface area contributed by atoms with Crippen LogP contribution in [0.5, 0.6) is 5.75 Å². The lowest BCUT2D eigenvalue weighted by molar-refractivity contribution is -0.140. The van der Waals surface area contributed by atoms with E-state index >= 15 is 0 Å². The molecule has 1 atom stereocenters. The highest BCUT2D eigenvalue weighted by Crippen LogP contribution is 2.43. The Balaban J connectivity index is 1.73. The standard InChI is InChI=1S/C27H20BrNO5/c1-33-22-12-11-17(14-21(22)28)25(30)23-24(20-10-4-7-16-6-2-3-9-19(16)20)29(27(32)26(23)31)15-18-8-5-13-34-18/h2-14,24,30H,15H2,1H3/b25-23-. The molecule has 1 amide bonds. The van der Waals surface area contributed by atoms with Crippen LogP contribution in [0.1, 0.15) is 22.9 Å². The SMILES string of the molecule is COc1ccc(/C(O)=C2/C(=O)C(=O)N(Cc3ccco3)C2c2cccc3ccccc23)cc1Br. The number of carbonyl (C=O) groups is 2. The fourth-order valence-electron chi connectivity index (χ4n) is 4.39. The van der Waals surface area contributed by atoms with E-state index in [2.05, 4.69) is 15.9 Å². The number of hydrogen-bond acceptors (Lipinski definition) is 5. The maximum absolute atomic E-state index is 13.3. The molecule has 1 unspecified atom stereocenters. The molecule has 0 spiro atoms. The van der Waals surface area contributed by atoms with E-state index in [0.29, 0.717) is 21.5 Å². The Hall–Kier alpha value is -3.84. The average molecular weight is 518 g/mol. The molecule has 1 aliphatic rings. The number of nitrogens with zero attached hydrogens (tertiary/aromatic N) is 1. The average Bonchev–Trinajstić information content (AvgIpc) is 3.45. The topological polar surface area (TPSA) is 80.0 Å². The van der Waals surface area contributed by atoms with E-state index in [1.807, 2.05) is 42.5 Å². The van der Waals surface area contributed by atoms with Gasteiger partial charge in [0.1, 0.15) is 17.3 Å². The van der Waals surface area contributed by atoms with E-state index in [-0.39, 0.29) is 17.9 Å². The van der Waals surface area contributed by atoms with Crippen LogP contribution in [0, 0.1) is 0 Å². The van der Waals surface area contributed by atoms with Gasteiger partial charge in [-0.15, -0.1) is 0 Å². The summed E-state index contributed by atoms with van der Waals surface area (Å²) in [6.07, 6.45) is 1.52. The molecule has 1 fully saturated rings. The van der Waals surface area contributed by atoms with Crippen molar-refractivity contribution in [3.63, 3.8) is 0 Å². The summed E-state index contributed by atoms with van der Waals surface area (Å²) in [4.78, 5) is 28.0. The summed E-state index contributed by atoms with van der Waals surface area (Å²) in [5, 5.41) is 13.2. The van der Waals surface area contributed by atoms with Crippen LogP contribution in [0.2, 0.25) is 0 Å². The normalized spacial score (nSPS) is 17.5.